The maximum atomic E-state index is 12.9. The van der Waals surface area contributed by atoms with Crippen LogP contribution in [0, 0.1) is 6.92 Å². The number of rotatable bonds is 10. The first-order valence-corrected chi connectivity index (χ1v) is 13.7. The van der Waals surface area contributed by atoms with E-state index in [-0.39, 0.29) is 46.3 Å². The van der Waals surface area contributed by atoms with Crippen LogP contribution in [0.2, 0.25) is 0 Å². The number of imide groups is 1. The highest BCUT2D eigenvalue weighted by molar-refractivity contribution is 8.18. The van der Waals surface area contributed by atoms with Gasteiger partial charge in [0.05, 0.1) is 18.1 Å². The molecular weight excluding hydrogens is 514 g/mol. The van der Waals surface area contributed by atoms with Crippen molar-refractivity contribution in [1.29, 1.82) is 0 Å². The van der Waals surface area contributed by atoms with E-state index in [9.17, 15) is 18.0 Å². The van der Waals surface area contributed by atoms with E-state index in [1.165, 1.54) is 18.2 Å². The standard InChI is InChI=1S/C27H25NO7S2/c1-3-33-24-17-20(11-14-23(24)35-37(31,32)22-7-5-4-6-8-22)18-25-26(29)28(27(30)36-25)15-16-34-21-12-9-19(2)10-13-21/h4-14,17-18H,3,15-16H2,1-2H3/b25-18-. The Labute approximate surface area is 220 Å². The molecule has 0 saturated carbocycles. The number of carbonyl (C=O) groups is 2. The largest absolute Gasteiger partial charge is 0.492 e. The first-order chi connectivity index (χ1) is 17.8. The van der Waals surface area contributed by atoms with E-state index in [1.807, 2.05) is 31.2 Å². The number of thioether (sulfide) groups is 1. The van der Waals surface area contributed by atoms with Gasteiger partial charge in [-0.2, -0.15) is 8.42 Å². The molecule has 1 aliphatic heterocycles. The van der Waals surface area contributed by atoms with Crippen molar-refractivity contribution in [2.75, 3.05) is 19.8 Å². The van der Waals surface area contributed by atoms with Crippen LogP contribution in [-0.2, 0) is 14.9 Å². The van der Waals surface area contributed by atoms with Crippen molar-refractivity contribution in [3.63, 3.8) is 0 Å². The molecule has 3 aromatic carbocycles. The minimum Gasteiger partial charge on any atom is -0.492 e. The lowest BCUT2D eigenvalue weighted by Crippen LogP contribution is -2.32. The highest BCUT2D eigenvalue weighted by Gasteiger charge is 2.35. The second-order valence-electron chi connectivity index (χ2n) is 7.98. The Bertz CT molecular complexity index is 1420. The van der Waals surface area contributed by atoms with Gasteiger partial charge in [-0.25, -0.2) is 0 Å². The molecule has 0 aromatic heterocycles. The third-order valence-electron chi connectivity index (χ3n) is 5.27. The third-order valence-corrected chi connectivity index (χ3v) is 7.43. The number of benzene rings is 3. The third kappa shape index (κ3) is 6.52. The summed E-state index contributed by atoms with van der Waals surface area (Å²) in [6.45, 7) is 4.28. The van der Waals surface area contributed by atoms with Gasteiger partial charge >= 0.3 is 10.1 Å². The molecule has 0 N–H and O–H groups in total. The molecular formula is C27H25NO7S2. The van der Waals surface area contributed by atoms with Crippen molar-refractivity contribution < 1.29 is 31.7 Å². The average Bonchev–Trinajstić information content (AvgIpc) is 3.14. The van der Waals surface area contributed by atoms with E-state index >= 15 is 0 Å². The van der Waals surface area contributed by atoms with Crippen molar-refractivity contribution in [2.45, 2.75) is 18.7 Å². The van der Waals surface area contributed by atoms with Crippen molar-refractivity contribution in [1.82, 2.24) is 4.90 Å². The lowest BCUT2D eigenvalue weighted by Gasteiger charge is -2.13. The zero-order chi connectivity index (χ0) is 26.4. The number of aryl methyl sites for hydroxylation is 1. The zero-order valence-corrected chi connectivity index (χ0v) is 21.9. The van der Waals surface area contributed by atoms with Gasteiger partial charge in [-0.15, -0.1) is 0 Å². The molecule has 0 aliphatic carbocycles. The Hall–Kier alpha value is -3.76. The van der Waals surface area contributed by atoms with Crippen LogP contribution < -0.4 is 13.7 Å². The lowest BCUT2D eigenvalue weighted by molar-refractivity contribution is -0.123. The predicted octanol–water partition coefficient (Wildman–Crippen LogP) is 5.28. The predicted molar refractivity (Wildman–Crippen MR) is 141 cm³/mol. The Morgan fingerprint density at radius 2 is 1.65 bits per heavy atom. The molecule has 1 fully saturated rings. The van der Waals surface area contributed by atoms with E-state index < -0.39 is 16.0 Å². The minimum absolute atomic E-state index is 0.0153. The molecule has 0 spiro atoms. The maximum absolute atomic E-state index is 12.9. The Morgan fingerprint density at radius 1 is 0.919 bits per heavy atom. The molecule has 0 unspecified atom stereocenters. The van der Waals surface area contributed by atoms with Crippen LogP contribution in [0.1, 0.15) is 18.1 Å². The summed E-state index contributed by atoms with van der Waals surface area (Å²) >= 11 is 0.831. The SMILES string of the molecule is CCOc1cc(/C=C2\SC(=O)N(CCOc3ccc(C)cc3)C2=O)ccc1OS(=O)(=O)c1ccccc1. The Morgan fingerprint density at radius 3 is 2.35 bits per heavy atom. The first kappa shape index (κ1) is 26.3. The molecule has 8 nitrogen and oxygen atoms in total. The summed E-state index contributed by atoms with van der Waals surface area (Å²) in [7, 11) is -4.06. The summed E-state index contributed by atoms with van der Waals surface area (Å²) in [5.74, 6) is 0.450. The van der Waals surface area contributed by atoms with Crippen LogP contribution in [0.3, 0.4) is 0 Å². The van der Waals surface area contributed by atoms with E-state index in [0.717, 1.165) is 22.2 Å². The average molecular weight is 540 g/mol. The van der Waals surface area contributed by atoms with Gasteiger partial charge in [-0.05, 0) is 73.6 Å². The van der Waals surface area contributed by atoms with Gasteiger partial charge in [-0.1, -0.05) is 42.0 Å². The first-order valence-electron chi connectivity index (χ1n) is 11.5. The number of hydrogen-bond acceptors (Lipinski definition) is 8. The van der Waals surface area contributed by atoms with Crippen LogP contribution in [0.25, 0.3) is 6.08 Å². The van der Waals surface area contributed by atoms with Crippen LogP contribution in [0.15, 0.2) is 82.6 Å². The second kappa shape index (κ2) is 11.5. The van der Waals surface area contributed by atoms with Gasteiger partial charge in [0.2, 0.25) is 0 Å². The summed E-state index contributed by atoms with van der Waals surface area (Å²) in [5.41, 5.74) is 1.66. The summed E-state index contributed by atoms with van der Waals surface area (Å²) in [6.07, 6.45) is 1.56. The fraction of sp³-hybridized carbons (Fsp3) is 0.185. The normalized spacial score (nSPS) is 14.8. The maximum Gasteiger partial charge on any atom is 0.339 e. The summed E-state index contributed by atoms with van der Waals surface area (Å²) in [4.78, 5) is 26.7. The van der Waals surface area contributed by atoms with Gasteiger partial charge in [0.1, 0.15) is 17.3 Å². The quantitative estimate of drug-likeness (QED) is 0.254. The van der Waals surface area contributed by atoms with Gasteiger partial charge in [0.15, 0.2) is 11.5 Å². The highest BCUT2D eigenvalue weighted by Crippen LogP contribution is 2.35. The number of hydrogen-bond donors (Lipinski definition) is 0. The molecule has 1 heterocycles. The molecule has 0 radical (unpaired) electrons. The molecule has 37 heavy (non-hydrogen) atoms. The smallest absolute Gasteiger partial charge is 0.339 e. The fourth-order valence-corrected chi connectivity index (χ4v) is 5.26. The highest BCUT2D eigenvalue weighted by atomic mass is 32.2. The number of carbonyl (C=O) groups excluding carboxylic acids is 2. The summed E-state index contributed by atoms with van der Waals surface area (Å²) in [6, 6.07) is 19.9. The van der Waals surface area contributed by atoms with Gasteiger partial charge in [0.25, 0.3) is 11.1 Å². The van der Waals surface area contributed by atoms with Crippen LogP contribution in [-0.4, -0.2) is 44.2 Å². The van der Waals surface area contributed by atoms with E-state index in [0.29, 0.717) is 11.3 Å². The second-order valence-corrected chi connectivity index (χ2v) is 10.5. The number of amides is 2. The molecule has 0 atom stereocenters. The molecule has 1 aliphatic rings. The molecule has 10 heteroatoms. The summed E-state index contributed by atoms with van der Waals surface area (Å²) in [5, 5.41) is -0.386. The van der Waals surface area contributed by atoms with Gasteiger partial charge < -0.3 is 13.7 Å². The van der Waals surface area contributed by atoms with Crippen LogP contribution in [0.5, 0.6) is 17.2 Å². The molecule has 192 valence electrons. The molecule has 0 bridgehead atoms. The van der Waals surface area contributed by atoms with E-state index in [1.54, 1.807) is 43.3 Å². The van der Waals surface area contributed by atoms with Crippen molar-refractivity contribution in [3.8, 4) is 17.2 Å². The van der Waals surface area contributed by atoms with Gasteiger partial charge in [-0.3, -0.25) is 14.5 Å². The van der Waals surface area contributed by atoms with E-state index in [4.69, 9.17) is 13.7 Å². The van der Waals surface area contributed by atoms with Crippen molar-refractivity contribution in [2.24, 2.45) is 0 Å². The Kier molecular flexibility index (Phi) is 8.20. The van der Waals surface area contributed by atoms with Crippen LogP contribution in [0.4, 0.5) is 4.79 Å². The van der Waals surface area contributed by atoms with Crippen molar-refractivity contribution in [3.05, 3.63) is 88.8 Å². The zero-order valence-electron chi connectivity index (χ0n) is 20.2. The fourth-order valence-electron chi connectivity index (χ4n) is 3.44. The van der Waals surface area contributed by atoms with Gasteiger partial charge in [0, 0.05) is 0 Å². The number of ether oxygens (including phenoxy) is 2. The monoisotopic (exact) mass is 539 g/mol. The molecule has 1 saturated heterocycles. The summed E-state index contributed by atoms with van der Waals surface area (Å²) < 4.78 is 41.8. The molecule has 2 amide bonds. The minimum atomic E-state index is -4.06. The molecule has 4 rings (SSSR count). The van der Waals surface area contributed by atoms with E-state index in [2.05, 4.69) is 0 Å². The lowest BCUT2D eigenvalue weighted by atomic mass is 10.2. The Balaban J connectivity index is 1.47. The van der Waals surface area contributed by atoms with Crippen molar-refractivity contribution >= 4 is 39.1 Å². The van der Waals surface area contributed by atoms with Crippen LogP contribution >= 0.6 is 11.8 Å². The topological polar surface area (TPSA) is 99.2 Å². The number of nitrogens with zero attached hydrogens (tertiary/aromatic N) is 1. The molecule has 3 aromatic rings.